The number of aliphatic hydroxyl groups is 1. The molecule has 106 valence electrons. The summed E-state index contributed by atoms with van der Waals surface area (Å²) in [4.78, 5) is 0. The minimum absolute atomic E-state index is 0.316. The van der Waals surface area contributed by atoms with E-state index in [1.807, 2.05) is 0 Å². The molecule has 1 fully saturated rings. The van der Waals surface area contributed by atoms with Crippen molar-refractivity contribution in [2.75, 3.05) is 13.2 Å². The van der Waals surface area contributed by atoms with E-state index < -0.39 is 5.60 Å². The fourth-order valence-electron chi connectivity index (χ4n) is 2.61. The van der Waals surface area contributed by atoms with E-state index >= 15 is 0 Å². The Labute approximate surface area is 113 Å². The molecule has 0 heterocycles. The first-order chi connectivity index (χ1) is 9.13. The zero-order valence-corrected chi connectivity index (χ0v) is 11.1. The van der Waals surface area contributed by atoms with E-state index in [-0.39, 0.29) is 5.82 Å². The summed E-state index contributed by atoms with van der Waals surface area (Å²) >= 11 is 0. The summed E-state index contributed by atoms with van der Waals surface area (Å²) in [5.74, 6) is 0.541. The van der Waals surface area contributed by atoms with Gasteiger partial charge in [0.2, 0.25) is 0 Å². The van der Waals surface area contributed by atoms with Crippen LogP contribution in [0.3, 0.4) is 0 Å². The third-order valence-corrected chi connectivity index (χ3v) is 4.04. The highest BCUT2D eigenvalue weighted by Gasteiger charge is 2.31. The van der Waals surface area contributed by atoms with E-state index in [9.17, 15) is 9.50 Å². The number of halogens is 1. The van der Waals surface area contributed by atoms with Gasteiger partial charge in [-0.3, -0.25) is 0 Å². The fourth-order valence-corrected chi connectivity index (χ4v) is 2.61. The second kappa shape index (κ2) is 6.35. The quantitative estimate of drug-likeness (QED) is 0.861. The topological polar surface area (TPSA) is 55.5 Å². The van der Waals surface area contributed by atoms with Gasteiger partial charge in [-0.15, -0.1) is 0 Å². The number of para-hydroxylation sites is 1. The van der Waals surface area contributed by atoms with Crippen LogP contribution in [0.2, 0.25) is 0 Å². The summed E-state index contributed by atoms with van der Waals surface area (Å²) in [6.45, 7) is 0.859. The van der Waals surface area contributed by atoms with Crippen LogP contribution in [0.15, 0.2) is 24.3 Å². The summed E-state index contributed by atoms with van der Waals surface area (Å²) in [5.41, 5.74) is 4.90. The van der Waals surface area contributed by atoms with Crippen molar-refractivity contribution in [3.8, 4) is 5.75 Å². The van der Waals surface area contributed by atoms with Gasteiger partial charge in [0.05, 0.1) is 12.2 Å². The molecule has 1 aromatic carbocycles. The highest BCUT2D eigenvalue weighted by atomic mass is 19.1. The predicted octanol–water partition coefficient (Wildman–Crippen LogP) is 2.47. The standard InChI is InChI=1S/C15H22FNO2/c16-13-3-1-2-4-14(13)19-10-7-12-5-8-15(18,11-17)9-6-12/h1-4,12,18H,5-11,17H2/t12-,15-. The minimum atomic E-state index is -0.664. The first-order valence-electron chi connectivity index (χ1n) is 6.93. The van der Waals surface area contributed by atoms with Gasteiger partial charge in [-0.1, -0.05) is 12.1 Å². The number of nitrogens with two attached hydrogens (primary N) is 1. The van der Waals surface area contributed by atoms with Crippen molar-refractivity contribution in [2.24, 2.45) is 11.7 Å². The van der Waals surface area contributed by atoms with Gasteiger partial charge in [-0.25, -0.2) is 4.39 Å². The first kappa shape index (κ1) is 14.3. The number of ether oxygens (including phenoxy) is 1. The Kier molecular flexibility index (Phi) is 4.77. The van der Waals surface area contributed by atoms with E-state index in [4.69, 9.17) is 10.5 Å². The average molecular weight is 267 g/mol. The summed E-state index contributed by atoms with van der Waals surface area (Å²) in [6, 6.07) is 6.46. The van der Waals surface area contributed by atoms with Gasteiger partial charge in [0.1, 0.15) is 0 Å². The van der Waals surface area contributed by atoms with Crippen molar-refractivity contribution in [3.05, 3.63) is 30.1 Å². The summed E-state index contributed by atoms with van der Waals surface area (Å²) in [7, 11) is 0. The van der Waals surface area contributed by atoms with Crippen LogP contribution in [0.4, 0.5) is 4.39 Å². The maximum atomic E-state index is 13.3. The van der Waals surface area contributed by atoms with E-state index in [2.05, 4.69) is 0 Å². The van der Waals surface area contributed by atoms with Gasteiger partial charge in [-0.2, -0.15) is 0 Å². The lowest BCUT2D eigenvalue weighted by molar-refractivity contribution is -0.00354. The third kappa shape index (κ3) is 3.91. The summed E-state index contributed by atoms with van der Waals surface area (Å²) in [6.07, 6.45) is 4.35. The van der Waals surface area contributed by atoms with Gasteiger partial charge in [0, 0.05) is 6.54 Å². The highest BCUT2D eigenvalue weighted by Crippen LogP contribution is 2.33. The van der Waals surface area contributed by atoms with Crippen molar-refractivity contribution >= 4 is 0 Å². The third-order valence-electron chi connectivity index (χ3n) is 4.04. The van der Waals surface area contributed by atoms with Gasteiger partial charge >= 0.3 is 0 Å². The van der Waals surface area contributed by atoms with Crippen LogP contribution in [0.1, 0.15) is 32.1 Å². The monoisotopic (exact) mass is 267 g/mol. The first-order valence-corrected chi connectivity index (χ1v) is 6.93. The molecule has 19 heavy (non-hydrogen) atoms. The average Bonchev–Trinajstić information content (AvgIpc) is 2.43. The molecular formula is C15H22FNO2. The van der Waals surface area contributed by atoms with Crippen molar-refractivity contribution in [1.29, 1.82) is 0 Å². The lowest BCUT2D eigenvalue weighted by Crippen LogP contribution is -2.41. The van der Waals surface area contributed by atoms with Gasteiger partial charge in [0.15, 0.2) is 11.6 Å². The van der Waals surface area contributed by atoms with Crippen LogP contribution in [0.5, 0.6) is 5.75 Å². The van der Waals surface area contributed by atoms with Crippen molar-refractivity contribution in [2.45, 2.75) is 37.7 Å². The van der Waals surface area contributed by atoms with Gasteiger partial charge in [0.25, 0.3) is 0 Å². The normalized spacial score (nSPS) is 27.2. The van der Waals surface area contributed by atoms with E-state index in [0.717, 1.165) is 32.1 Å². The number of hydrogen-bond donors (Lipinski definition) is 2. The van der Waals surface area contributed by atoms with Crippen molar-refractivity contribution in [3.63, 3.8) is 0 Å². The van der Waals surface area contributed by atoms with Crippen molar-refractivity contribution < 1.29 is 14.2 Å². The molecular weight excluding hydrogens is 245 g/mol. The molecule has 2 rings (SSSR count). The van der Waals surface area contributed by atoms with Crippen LogP contribution in [0.25, 0.3) is 0 Å². The highest BCUT2D eigenvalue weighted by molar-refractivity contribution is 5.23. The van der Waals surface area contributed by atoms with Gasteiger partial charge in [-0.05, 0) is 50.2 Å². The smallest absolute Gasteiger partial charge is 0.165 e. The molecule has 3 nitrogen and oxygen atoms in total. The Morgan fingerprint density at radius 3 is 2.63 bits per heavy atom. The molecule has 0 radical (unpaired) electrons. The molecule has 1 aliphatic carbocycles. The van der Waals surface area contributed by atoms with Gasteiger partial charge < -0.3 is 15.6 Å². The molecule has 3 N–H and O–H groups in total. The maximum absolute atomic E-state index is 13.3. The van der Waals surface area contributed by atoms with Crippen LogP contribution >= 0.6 is 0 Å². The Bertz CT molecular complexity index is 403. The molecule has 0 spiro atoms. The Balaban J connectivity index is 1.72. The summed E-state index contributed by atoms with van der Waals surface area (Å²) < 4.78 is 18.8. The molecule has 0 amide bonds. The molecule has 1 aromatic rings. The SMILES string of the molecule is NC[C@]1(O)CC[C@H](CCOc2ccccc2F)CC1. The van der Waals surface area contributed by atoms with Crippen LogP contribution in [0, 0.1) is 11.7 Å². The molecule has 0 atom stereocenters. The Morgan fingerprint density at radius 1 is 1.32 bits per heavy atom. The predicted molar refractivity (Wildman–Crippen MR) is 72.5 cm³/mol. The molecule has 0 aliphatic heterocycles. The molecule has 1 aliphatic rings. The maximum Gasteiger partial charge on any atom is 0.165 e. The zero-order chi connectivity index (χ0) is 13.7. The number of rotatable bonds is 5. The molecule has 0 bridgehead atoms. The van der Waals surface area contributed by atoms with Crippen molar-refractivity contribution in [1.82, 2.24) is 0 Å². The summed E-state index contributed by atoms with van der Waals surface area (Å²) in [5, 5.41) is 10.0. The van der Waals surface area contributed by atoms with E-state index in [1.54, 1.807) is 18.2 Å². The van der Waals surface area contributed by atoms with Crippen LogP contribution in [-0.2, 0) is 0 Å². The Morgan fingerprint density at radius 2 is 2.00 bits per heavy atom. The van der Waals surface area contributed by atoms with E-state index in [0.29, 0.717) is 24.8 Å². The zero-order valence-electron chi connectivity index (χ0n) is 11.1. The molecule has 1 saturated carbocycles. The molecule has 0 saturated heterocycles. The second-order valence-corrected chi connectivity index (χ2v) is 5.44. The number of benzene rings is 1. The lowest BCUT2D eigenvalue weighted by atomic mass is 9.78. The van der Waals surface area contributed by atoms with Crippen LogP contribution in [-0.4, -0.2) is 23.9 Å². The molecule has 0 aromatic heterocycles. The fraction of sp³-hybridized carbons (Fsp3) is 0.600. The minimum Gasteiger partial charge on any atom is -0.491 e. The molecule has 0 unspecified atom stereocenters. The molecule has 4 heteroatoms. The van der Waals surface area contributed by atoms with Crippen LogP contribution < -0.4 is 10.5 Å². The van der Waals surface area contributed by atoms with E-state index in [1.165, 1.54) is 6.07 Å². The number of hydrogen-bond acceptors (Lipinski definition) is 3. The Hall–Kier alpha value is -1.13. The lowest BCUT2D eigenvalue weighted by Gasteiger charge is -2.35. The largest absolute Gasteiger partial charge is 0.491 e. The second-order valence-electron chi connectivity index (χ2n) is 5.44.